The number of nitro groups is 1. The summed E-state index contributed by atoms with van der Waals surface area (Å²) in [7, 11) is 0. The Labute approximate surface area is 104 Å². The second-order valence-corrected chi connectivity index (χ2v) is 4.22. The van der Waals surface area contributed by atoms with Gasteiger partial charge in [-0.3, -0.25) is 10.1 Å². The molecule has 0 atom stereocenters. The Morgan fingerprint density at radius 2 is 2.28 bits per heavy atom. The minimum Gasteiger partial charge on any atom is -0.395 e. The molecule has 94 valence electrons. The average Bonchev–Trinajstić information content (AvgIpc) is 3.19. The maximum Gasteiger partial charge on any atom is 0.287 e. The number of nitriles is 1. The van der Waals surface area contributed by atoms with E-state index in [1.165, 1.54) is 12.1 Å². The quantitative estimate of drug-likeness (QED) is 0.627. The Bertz CT molecular complexity index is 506. The van der Waals surface area contributed by atoms with Crippen LogP contribution in [0.2, 0.25) is 0 Å². The highest BCUT2D eigenvalue weighted by atomic mass is 16.6. The summed E-state index contributed by atoms with van der Waals surface area (Å²) in [5.41, 5.74) is 0.635. The maximum absolute atomic E-state index is 10.7. The predicted octanol–water partition coefficient (Wildman–Crippen LogP) is 1.43. The molecular weight excluding hydrogens is 234 g/mol. The Balaban J connectivity index is 2.33. The Kier molecular flexibility index (Phi) is 3.44. The number of aliphatic hydroxyl groups is 1. The summed E-state index contributed by atoms with van der Waals surface area (Å²) in [5.74, 6) is 0. The lowest BCUT2D eigenvalue weighted by Crippen LogP contribution is -2.28. The van der Waals surface area contributed by atoms with Crippen molar-refractivity contribution in [3.63, 3.8) is 0 Å². The normalized spacial score (nSPS) is 14.0. The summed E-state index contributed by atoms with van der Waals surface area (Å²) in [6.45, 7) is 0.503. The average molecular weight is 247 g/mol. The molecule has 1 saturated carbocycles. The number of hydrogen-bond acceptors (Lipinski definition) is 5. The fourth-order valence-electron chi connectivity index (χ4n) is 1.97. The van der Waals surface area contributed by atoms with E-state index >= 15 is 0 Å². The van der Waals surface area contributed by atoms with Crippen LogP contribution in [0.5, 0.6) is 0 Å². The van der Waals surface area contributed by atoms with Gasteiger partial charge in [-0.2, -0.15) is 5.26 Å². The fourth-order valence-corrected chi connectivity index (χ4v) is 1.97. The maximum atomic E-state index is 10.7. The van der Waals surface area contributed by atoms with Crippen LogP contribution in [0.25, 0.3) is 0 Å². The molecule has 0 aromatic heterocycles. The molecule has 18 heavy (non-hydrogen) atoms. The molecule has 1 N–H and O–H groups in total. The number of hydrogen-bond donors (Lipinski definition) is 1. The highest BCUT2D eigenvalue weighted by molar-refractivity contribution is 5.60. The number of rotatable bonds is 5. The monoisotopic (exact) mass is 247 g/mol. The summed E-state index contributed by atoms with van der Waals surface area (Å²) in [6, 6.07) is 6.72. The number of aliphatic hydroxyl groups excluding tert-OH is 1. The fraction of sp³-hybridized carbons (Fsp3) is 0.417. The first-order valence-electron chi connectivity index (χ1n) is 5.73. The van der Waals surface area contributed by atoms with E-state index in [1.807, 2.05) is 11.0 Å². The molecule has 0 amide bonds. The summed E-state index contributed by atoms with van der Waals surface area (Å²) in [6.07, 6.45) is 2.11. The van der Waals surface area contributed by atoms with E-state index in [-0.39, 0.29) is 17.9 Å². The zero-order chi connectivity index (χ0) is 13.1. The van der Waals surface area contributed by atoms with Crippen molar-refractivity contribution in [2.24, 2.45) is 0 Å². The molecule has 0 unspecified atom stereocenters. The van der Waals surface area contributed by atoms with Crippen molar-refractivity contribution in [2.75, 3.05) is 18.1 Å². The molecule has 2 rings (SSSR count). The van der Waals surface area contributed by atoms with Gasteiger partial charge >= 0.3 is 0 Å². The molecule has 6 heteroatoms. The van der Waals surface area contributed by atoms with Crippen LogP contribution in [0.1, 0.15) is 18.4 Å². The molecule has 1 aromatic carbocycles. The van der Waals surface area contributed by atoms with Crippen molar-refractivity contribution >= 4 is 11.4 Å². The third kappa shape index (κ3) is 2.41. The van der Waals surface area contributed by atoms with E-state index in [0.29, 0.717) is 12.6 Å². The second kappa shape index (κ2) is 5.02. The first-order valence-corrected chi connectivity index (χ1v) is 5.73. The van der Waals surface area contributed by atoms with Crippen LogP contribution in [-0.2, 0) is 0 Å². The van der Waals surface area contributed by atoms with Gasteiger partial charge in [-0.25, -0.2) is 0 Å². The highest BCUT2D eigenvalue weighted by Crippen LogP contribution is 2.33. The molecular formula is C12H13N3O3. The van der Waals surface area contributed by atoms with E-state index in [2.05, 4.69) is 0 Å². The van der Waals surface area contributed by atoms with Crippen LogP contribution in [0, 0.1) is 21.4 Å². The van der Waals surface area contributed by atoms with Crippen molar-refractivity contribution in [3.05, 3.63) is 33.9 Å². The van der Waals surface area contributed by atoms with E-state index in [9.17, 15) is 10.1 Å². The minimum atomic E-state index is -0.560. The van der Waals surface area contributed by atoms with Gasteiger partial charge in [0.25, 0.3) is 5.69 Å². The molecule has 1 aliphatic carbocycles. The number of nitrogens with zero attached hydrogens (tertiary/aromatic N) is 3. The Hall–Kier alpha value is -2.13. The van der Waals surface area contributed by atoms with Crippen LogP contribution in [-0.4, -0.2) is 29.2 Å². The zero-order valence-corrected chi connectivity index (χ0v) is 9.74. The second-order valence-electron chi connectivity index (χ2n) is 4.22. The van der Waals surface area contributed by atoms with Gasteiger partial charge in [0.1, 0.15) is 11.6 Å². The van der Waals surface area contributed by atoms with Crippen molar-refractivity contribution in [2.45, 2.75) is 18.9 Å². The Morgan fingerprint density at radius 3 is 2.78 bits per heavy atom. The van der Waals surface area contributed by atoms with E-state index in [1.54, 1.807) is 6.07 Å². The molecule has 0 saturated heterocycles. The van der Waals surface area contributed by atoms with Crippen LogP contribution in [0.15, 0.2) is 18.2 Å². The summed E-state index contributed by atoms with van der Waals surface area (Å²) in [5, 5.41) is 28.7. The van der Waals surface area contributed by atoms with Crippen LogP contribution >= 0.6 is 0 Å². The van der Waals surface area contributed by atoms with Crippen LogP contribution < -0.4 is 4.90 Å². The molecule has 0 spiro atoms. The zero-order valence-electron chi connectivity index (χ0n) is 9.74. The lowest BCUT2D eigenvalue weighted by atomic mass is 10.1. The number of benzene rings is 1. The lowest BCUT2D eigenvalue weighted by molar-refractivity contribution is -0.385. The SMILES string of the molecule is N#Cc1cc(N(CCO)C2CC2)ccc1[N+](=O)[O-]. The summed E-state index contributed by atoms with van der Waals surface area (Å²) in [4.78, 5) is 12.2. The minimum absolute atomic E-state index is 0.0232. The summed E-state index contributed by atoms with van der Waals surface area (Å²) < 4.78 is 0. The topological polar surface area (TPSA) is 90.4 Å². The van der Waals surface area contributed by atoms with Crippen molar-refractivity contribution in [3.8, 4) is 6.07 Å². The largest absolute Gasteiger partial charge is 0.395 e. The molecule has 0 radical (unpaired) electrons. The molecule has 0 bridgehead atoms. The van der Waals surface area contributed by atoms with Gasteiger partial charge in [0.05, 0.1) is 11.5 Å². The van der Waals surface area contributed by atoms with Gasteiger partial charge in [-0.1, -0.05) is 0 Å². The number of nitro benzene ring substituents is 1. The highest BCUT2D eigenvalue weighted by Gasteiger charge is 2.29. The molecule has 0 aliphatic heterocycles. The van der Waals surface area contributed by atoms with Gasteiger partial charge in [0, 0.05) is 24.3 Å². The summed E-state index contributed by atoms with van der Waals surface area (Å²) >= 11 is 0. The van der Waals surface area contributed by atoms with E-state index in [4.69, 9.17) is 10.4 Å². The molecule has 1 aromatic rings. The van der Waals surface area contributed by atoms with Gasteiger partial charge in [-0.05, 0) is 25.0 Å². The lowest BCUT2D eigenvalue weighted by Gasteiger charge is -2.23. The van der Waals surface area contributed by atoms with Gasteiger partial charge in [-0.15, -0.1) is 0 Å². The van der Waals surface area contributed by atoms with E-state index < -0.39 is 4.92 Å². The van der Waals surface area contributed by atoms with E-state index in [0.717, 1.165) is 18.5 Å². The smallest absolute Gasteiger partial charge is 0.287 e. The molecule has 0 heterocycles. The van der Waals surface area contributed by atoms with Crippen LogP contribution in [0.4, 0.5) is 11.4 Å². The first-order chi connectivity index (χ1) is 8.67. The first kappa shape index (κ1) is 12.3. The van der Waals surface area contributed by atoms with Crippen molar-refractivity contribution in [1.29, 1.82) is 5.26 Å². The van der Waals surface area contributed by atoms with Crippen molar-refractivity contribution in [1.82, 2.24) is 0 Å². The predicted molar refractivity (Wildman–Crippen MR) is 65.3 cm³/mol. The Morgan fingerprint density at radius 1 is 1.56 bits per heavy atom. The molecule has 6 nitrogen and oxygen atoms in total. The van der Waals surface area contributed by atoms with Crippen molar-refractivity contribution < 1.29 is 10.0 Å². The molecule has 1 aliphatic rings. The molecule has 1 fully saturated rings. The van der Waals surface area contributed by atoms with Gasteiger partial charge < -0.3 is 10.0 Å². The van der Waals surface area contributed by atoms with Gasteiger partial charge in [0.2, 0.25) is 0 Å². The standard InChI is InChI=1S/C12H13N3O3/c13-8-9-7-11(3-4-12(9)15(17)18)14(5-6-16)10-1-2-10/h3-4,7,10,16H,1-2,5-6H2. The van der Waals surface area contributed by atoms with Crippen LogP contribution in [0.3, 0.4) is 0 Å². The third-order valence-electron chi connectivity index (χ3n) is 2.96. The third-order valence-corrected chi connectivity index (χ3v) is 2.96. The van der Waals surface area contributed by atoms with Gasteiger partial charge in [0.15, 0.2) is 0 Å². The number of anilines is 1.